The maximum Gasteiger partial charge on any atom is 0.307 e. The summed E-state index contributed by atoms with van der Waals surface area (Å²) in [5.74, 6) is 0.585. The van der Waals surface area contributed by atoms with Gasteiger partial charge in [-0.3, -0.25) is 9.59 Å². The van der Waals surface area contributed by atoms with Gasteiger partial charge in [0.05, 0.1) is 27.8 Å². The third kappa shape index (κ3) is 4.65. The molecule has 0 saturated heterocycles. The van der Waals surface area contributed by atoms with Gasteiger partial charge in [0.25, 0.3) is 5.91 Å². The van der Waals surface area contributed by atoms with E-state index >= 15 is 0 Å². The van der Waals surface area contributed by atoms with Crippen LogP contribution in [0.5, 0.6) is 11.5 Å². The molecule has 1 amide bonds. The van der Waals surface area contributed by atoms with Gasteiger partial charge in [-0.15, -0.1) is 0 Å². The minimum absolute atomic E-state index is 0.147. The van der Waals surface area contributed by atoms with Crippen LogP contribution in [0.25, 0.3) is 0 Å². The van der Waals surface area contributed by atoms with Crippen molar-refractivity contribution in [3.63, 3.8) is 0 Å². The van der Waals surface area contributed by atoms with E-state index in [-0.39, 0.29) is 18.3 Å². The van der Waals surface area contributed by atoms with Crippen molar-refractivity contribution in [3.8, 4) is 11.5 Å². The fourth-order valence-electron chi connectivity index (χ4n) is 2.06. The lowest BCUT2D eigenvalue weighted by Crippen LogP contribution is -2.33. The predicted octanol–water partition coefficient (Wildman–Crippen LogP) is 2.12. The summed E-state index contributed by atoms with van der Waals surface area (Å²) in [6.45, 7) is 2.88. The molecule has 1 aromatic carbocycles. The van der Waals surface area contributed by atoms with E-state index in [0.29, 0.717) is 30.2 Å². The van der Waals surface area contributed by atoms with Crippen LogP contribution in [0, 0.1) is 0 Å². The molecule has 0 aliphatic heterocycles. The number of hydrogen-bond donors (Lipinski definition) is 0. The molecule has 22 heavy (non-hydrogen) atoms. The average Bonchev–Trinajstić information content (AvgIpc) is 2.56. The van der Waals surface area contributed by atoms with E-state index in [0.717, 1.165) is 6.42 Å². The molecule has 1 rings (SSSR count). The molecule has 0 aliphatic rings. The Morgan fingerprint density at radius 3 is 2.27 bits per heavy atom. The van der Waals surface area contributed by atoms with Crippen molar-refractivity contribution >= 4 is 11.9 Å². The molecule has 1 aromatic rings. The van der Waals surface area contributed by atoms with Crippen LogP contribution in [0.15, 0.2) is 18.2 Å². The largest absolute Gasteiger partial charge is 0.493 e. The van der Waals surface area contributed by atoms with Crippen LogP contribution in [0.2, 0.25) is 0 Å². The molecule has 6 heteroatoms. The van der Waals surface area contributed by atoms with Crippen molar-refractivity contribution in [2.24, 2.45) is 0 Å². The van der Waals surface area contributed by atoms with Crippen LogP contribution in [0.4, 0.5) is 0 Å². The van der Waals surface area contributed by atoms with Crippen molar-refractivity contribution in [1.82, 2.24) is 4.90 Å². The van der Waals surface area contributed by atoms with E-state index < -0.39 is 0 Å². The predicted molar refractivity (Wildman–Crippen MR) is 82.4 cm³/mol. The van der Waals surface area contributed by atoms with Crippen molar-refractivity contribution < 1.29 is 23.8 Å². The third-order valence-electron chi connectivity index (χ3n) is 3.22. The van der Waals surface area contributed by atoms with Crippen molar-refractivity contribution in [1.29, 1.82) is 0 Å². The summed E-state index contributed by atoms with van der Waals surface area (Å²) >= 11 is 0. The number of rotatable bonds is 8. The molecule has 0 fully saturated rings. The molecule has 0 spiro atoms. The molecular formula is C16H23NO5. The highest BCUT2D eigenvalue weighted by atomic mass is 16.5. The molecule has 0 N–H and O–H groups in total. The lowest BCUT2D eigenvalue weighted by molar-refractivity contribution is -0.140. The van der Waals surface area contributed by atoms with E-state index in [2.05, 4.69) is 4.74 Å². The summed E-state index contributed by atoms with van der Waals surface area (Å²) < 4.78 is 15.0. The average molecular weight is 309 g/mol. The van der Waals surface area contributed by atoms with Crippen molar-refractivity contribution in [2.45, 2.75) is 19.8 Å². The summed E-state index contributed by atoms with van der Waals surface area (Å²) in [6.07, 6.45) is 0.982. The number of nitrogens with zero attached hydrogens (tertiary/aromatic N) is 1. The highest BCUT2D eigenvalue weighted by Gasteiger charge is 2.18. The Morgan fingerprint density at radius 2 is 1.73 bits per heavy atom. The highest BCUT2D eigenvalue weighted by molar-refractivity contribution is 5.95. The zero-order chi connectivity index (χ0) is 16.5. The summed E-state index contributed by atoms with van der Waals surface area (Å²) in [6, 6.07) is 5.02. The Labute approximate surface area is 131 Å². The normalized spacial score (nSPS) is 10.0. The molecule has 6 nitrogen and oxygen atoms in total. The maximum absolute atomic E-state index is 12.6. The molecular weight excluding hydrogens is 286 g/mol. The van der Waals surface area contributed by atoms with Crippen LogP contribution in [0.1, 0.15) is 30.1 Å². The van der Waals surface area contributed by atoms with E-state index in [4.69, 9.17) is 9.47 Å². The minimum atomic E-state index is -0.332. The molecule has 0 unspecified atom stereocenters. The first-order valence-electron chi connectivity index (χ1n) is 7.15. The second kappa shape index (κ2) is 8.92. The lowest BCUT2D eigenvalue weighted by Gasteiger charge is -2.22. The smallest absolute Gasteiger partial charge is 0.307 e. The standard InChI is InChI=1S/C16H23NO5/c1-5-9-17(10-8-15(18)22-4)16(19)12-6-7-13(20-2)14(11-12)21-3/h6-7,11H,5,8-10H2,1-4H3. The molecule has 122 valence electrons. The quantitative estimate of drug-likeness (QED) is 0.688. The number of ether oxygens (including phenoxy) is 3. The maximum atomic E-state index is 12.6. The summed E-state index contributed by atoms with van der Waals surface area (Å²) in [5.41, 5.74) is 0.496. The zero-order valence-electron chi connectivity index (χ0n) is 13.5. The second-order valence-corrected chi connectivity index (χ2v) is 4.69. The molecule has 0 aliphatic carbocycles. The monoisotopic (exact) mass is 309 g/mol. The van der Waals surface area contributed by atoms with Gasteiger partial charge >= 0.3 is 5.97 Å². The first kappa shape index (κ1) is 17.8. The first-order valence-corrected chi connectivity index (χ1v) is 7.15. The van der Waals surface area contributed by atoms with E-state index in [9.17, 15) is 9.59 Å². The van der Waals surface area contributed by atoms with Crippen molar-refractivity contribution in [2.75, 3.05) is 34.4 Å². The number of carbonyl (C=O) groups excluding carboxylic acids is 2. The Kier molecular flexibility index (Phi) is 7.22. The van der Waals surface area contributed by atoms with Crippen LogP contribution in [-0.4, -0.2) is 51.2 Å². The number of methoxy groups -OCH3 is 3. The SMILES string of the molecule is CCCN(CCC(=O)OC)C(=O)c1ccc(OC)c(OC)c1. The Morgan fingerprint density at radius 1 is 1.05 bits per heavy atom. The molecule has 0 bridgehead atoms. The van der Waals surface area contributed by atoms with Crippen LogP contribution in [-0.2, 0) is 9.53 Å². The van der Waals surface area contributed by atoms with Crippen LogP contribution in [0.3, 0.4) is 0 Å². The number of esters is 1. The third-order valence-corrected chi connectivity index (χ3v) is 3.22. The van der Waals surface area contributed by atoms with Gasteiger partial charge in [-0.05, 0) is 24.6 Å². The Balaban J connectivity index is 2.91. The molecule has 0 heterocycles. The molecule has 0 saturated carbocycles. The topological polar surface area (TPSA) is 65.1 Å². The molecule has 0 radical (unpaired) electrons. The zero-order valence-corrected chi connectivity index (χ0v) is 13.5. The number of hydrogen-bond acceptors (Lipinski definition) is 5. The molecule has 0 aromatic heterocycles. The van der Waals surface area contributed by atoms with Gasteiger partial charge in [0, 0.05) is 18.7 Å². The fraction of sp³-hybridized carbons (Fsp3) is 0.500. The second-order valence-electron chi connectivity index (χ2n) is 4.69. The van der Waals surface area contributed by atoms with E-state index in [1.807, 2.05) is 6.92 Å². The fourth-order valence-corrected chi connectivity index (χ4v) is 2.06. The van der Waals surface area contributed by atoms with Gasteiger partial charge < -0.3 is 19.1 Å². The van der Waals surface area contributed by atoms with Gasteiger partial charge in [-0.25, -0.2) is 0 Å². The summed E-state index contributed by atoms with van der Waals surface area (Å²) in [4.78, 5) is 25.5. The first-order chi connectivity index (χ1) is 10.6. The van der Waals surface area contributed by atoms with Gasteiger partial charge in [0.15, 0.2) is 11.5 Å². The van der Waals surface area contributed by atoms with Gasteiger partial charge in [-0.1, -0.05) is 6.92 Å². The Hall–Kier alpha value is -2.24. The summed E-state index contributed by atoms with van der Waals surface area (Å²) in [7, 11) is 4.40. The lowest BCUT2D eigenvalue weighted by atomic mass is 10.1. The van der Waals surface area contributed by atoms with Gasteiger partial charge in [-0.2, -0.15) is 0 Å². The highest BCUT2D eigenvalue weighted by Crippen LogP contribution is 2.28. The molecule has 0 atom stereocenters. The number of amides is 1. The number of benzene rings is 1. The van der Waals surface area contributed by atoms with Gasteiger partial charge in [0.1, 0.15) is 0 Å². The summed E-state index contributed by atoms with van der Waals surface area (Å²) in [5, 5.41) is 0. The minimum Gasteiger partial charge on any atom is -0.493 e. The van der Waals surface area contributed by atoms with Crippen LogP contribution < -0.4 is 9.47 Å². The van der Waals surface area contributed by atoms with E-state index in [1.165, 1.54) is 14.2 Å². The van der Waals surface area contributed by atoms with Crippen LogP contribution >= 0.6 is 0 Å². The van der Waals surface area contributed by atoms with Gasteiger partial charge in [0.2, 0.25) is 0 Å². The van der Waals surface area contributed by atoms with Crippen molar-refractivity contribution in [3.05, 3.63) is 23.8 Å². The number of carbonyl (C=O) groups is 2. The van der Waals surface area contributed by atoms with E-state index in [1.54, 1.807) is 30.2 Å². The Bertz CT molecular complexity index is 515.